The van der Waals surface area contributed by atoms with E-state index >= 15 is 0 Å². The largest absolute Gasteiger partial charge is 0.393 e. The summed E-state index contributed by atoms with van der Waals surface area (Å²) in [4.78, 5) is 25.2. The molecule has 1 heterocycles. The predicted octanol–water partition coefficient (Wildman–Crippen LogP) is 2.20. The zero-order valence-corrected chi connectivity index (χ0v) is 17.3. The molecule has 0 radical (unpaired) electrons. The molecule has 5 rings (SSSR count). The lowest BCUT2D eigenvalue weighted by molar-refractivity contribution is -0.185. The van der Waals surface area contributed by atoms with Crippen molar-refractivity contribution < 1.29 is 28.9 Å². The summed E-state index contributed by atoms with van der Waals surface area (Å²) in [6.45, 7) is 4.36. The standard InChI is InChI=1S/C23H30O6/c1-21-7-6-14(24)8-13(21)4-5-15-16-9-19-23(29-12-28-19,18(26)11-27-3)22(16,2)10-17(25)20(15)21/h6-8,15-17,19-20,25H,4-5,9-12H2,1-3H3/t15-,16-,17-,19+,20+,21-,22-,23+/m0/s1. The van der Waals surface area contributed by atoms with Gasteiger partial charge in [-0.3, -0.25) is 9.59 Å². The molecule has 1 aliphatic heterocycles. The van der Waals surface area contributed by atoms with E-state index in [1.165, 1.54) is 7.11 Å². The number of carbonyl (C=O) groups excluding carboxylic acids is 2. The Morgan fingerprint density at radius 1 is 1.38 bits per heavy atom. The first-order chi connectivity index (χ1) is 13.8. The molecule has 0 aromatic rings. The van der Waals surface area contributed by atoms with E-state index in [4.69, 9.17) is 14.2 Å². The summed E-state index contributed by atoms with van der Waals surface area (Å²) in [6, 6.07) is 0. The molecule has 8 atom stereocenters. The first kappa shape index (κ1) is 19.6. The van der Waals surface area contributed by atoms with Crippen molar-refractivity contribution >= 4 is 11.6 Å². The third-order valence-corrected chi connectivity index (χ3v) is 8.90. The Labute approximate surface area is 171 Å². The summed E-state index contributed by atoms with van der Waals surface area (Å²) in [5.41, 5.74) is -0.740. The van der Waals surface area contributed by atoms with E-state index in [1.54, 1.807) is 12.2 Å². The topological polar surface area (TPSA) is 82.1 Å². The van der Waals surface area contributed by atoms with Crippen molar-refractivity contribution in [3.63, 3.8) is 0 Å². The Bertz CT molecular complexity index is 816. The first-order valence-electron chi connectivity index (χ1n) is 10.7. The highest BCUT2D eigenvalue weighted by molar-refractivity contribution is 6.01. The molecule has 0 spiro atoms. The highest BCUT2D eigenvalue weighted by Gasteiger charge is 2.74. The van der Waals surface area contributed by atoms with Crippen molar-refractivity contribution in [2.45, 2.75) is 57.3 Å². The second-order valence-electron chi connectivity index (χ2n) is 9.96. The molecule has 1 N–H and O–H groups in total. The fourth-order valence-electron chi connectivity index (χ4n) is 7.77. The average Bonchev–Trinajstić information content (AvgIpc) is 3.19. The minimum Gasteiger partial charge on any atom is -0.393 e. The minimum absolute atomic E-state index is 0.0121. The number of Topliss-reactive ketones (excluding diaryl/α,β-unsaturated/α-hetero) is 1. The lowest BCUT2D eigenvalue weighted by Gasteiger charge is -2.59. The molecule has 6 heteroatoms. The molecule has 0 amide bonds. The van der Waals surface area contributed by atoms with Crippen molar-refractivity contribution in [2.75, 3.05) is 20.5 Å². The Morgan fingerprint density at radius 2 is 2.17 bits per heavy atom. The van der Waals surface area contributed by atoms with Gasteiger partial charge < -0.3 is 19.3 Å². The molecule has 158 valence electrons. The number of aliphatic hydroxyl groups is 1. The van der Waals surface area contributed by atoms with Gasteiger partial charge in [-0.2, -0.15) is 0 Å². The van der Waals surface area contributed by atoms with Crippen LogP contribution in [0.15, 0.2) is 23.8 Å². The fraction of sp³-hybridized carbons (Fsp3) is 0.739. The Hall–Kier alpha value is -1.34. The lowest BCUT2D eigenvalue weighted by atomic mass is 9.46. The van der Waals surface area contributed by atoms with E-state index in [2.05, 4.69) is 13.8 Å². The van der Waals surface area contributed by atoms with Gasteiger partial charge >= 0.3 is 0 Å². The molecule has 1 saturated heterocycles. The van der Waals surface area contributed by atoms with E-state index in [1.807, 2.05) is 6.08 Å². The van der Waals surface area contributed by atoms with Crippen LogP contribution in [0.5, 0.6) is 0 Å². The van der Waals surface area contributed by atoms with Crippen molar-refractivity contribution in [1.82, 2.24) is 0 Å². The Morgan fingerprint density at radius 3 is 2.93 bits per heavy atom. The van der Waals surface area contributed by atoms with Crippen LogP contribution in [0.4, 0.5) is 0 Å². The summed E-state index contributed by atoms with van der Waals surface area (Å²) in [7, 11) is 1.52. The molecule has 5 aliphatic rings. The predicted molar refractivity (Wildman–Crippen MR) is 104 cm³/mol. The number of hydrogen-bond donors (Lipinski definition) is 1. The molecule has 0 bridgehead atoms. The molecule has 3 saturated carbocycles. The SMILES string of the molecule is COCC(=O)[C@@]12OCO[C@@H]1C[C@H]1[C@@H]3CCC4=CC(=O)C=C[C@]4(C)[C@H]3[C@@H](O)C[C@@]12C. The fourth-order valence-corrected chi connectivity index (χ4v) is 7.77. The van der Waals surface area contributed by atoms with E-state index < -0.39 is 17.1 Å². The van der Waals surface area contributed by atoms with Crippen molar-refractivity contribution in [3.8, 4) is 0 Å². The molecule has 0 aromatic carbocycles. The summed E-state index contributed by atoms with van der Waals surface area (Å²) in [5, 5.41) is 11.4. The van der Waals surface area contributed by atoms with Crippen LogP contribution in [0.1, 0.15) is 39.5 Å². The van der Waals surface area contributed by atoms with Crippen LogP contribution < -0.4 is 0 Å². The molecule has 0 unspecified atom stereocenters. The van der Waals surface area contributed by atoms with E-state index in [-0.39, 0.29) is 54.2 Å². The zero-order chi connectivity index (χ0) is 20.6. The quantitative estimate of drug-likeness (QED) is 0.779. The van der Waals surface area contributed by atoms with Gasteiger partial charge in [-0.15, -0.1) is 0 Å². The lowest BCUT2D eigenvalue weighted by Crippen LogP contribution is -2.63. The number of fused-ring (bicyclic) bond motifs is 7. The maximum absolute atomic E-state index is 13.2. The highest BCUT2D eigenvalue weighted by atomic mass is 16.7. The van der Waals surface area contributed by atoms with Gasteiger partial charge in [-0.1, -0.05) is 25.5 Å². The van der Waals surface area contributed by atoms with E-state index in [9.17, 15) is 14.7 Å². The Kier molecular flexibility index (Phi) is 4.28. The van der Waals surface area contributed by atoms with Crippen LogP contribution in [0.2, 0.25) is 0 Å². The number of ether oxygens (including phenoxy) is 3. The summed E-state index contributed by atoms with van der Waals surface area (Å²) < 4.78 is 17.2. The van der Waals surface area contributed by atoms with Crippen LogP contribution in [0.3, 0.4) is 0 Å². The second-order valence-corrected chi connectivity index (χ2v) is 9.96. The third-order valence-electron chi connectivity index (χ3n) is 8.90. The van der Waals surface area contributed by atoms with Crippen molar-refractivity contribution in [3.05, 3.63) is 23.8 Å². The zero-order valence-electron chi connectivity index (χ0n) is 17.3. The maximum atomic E-state index is 13.2. The van der Waals surface area contributed by atoms with E-state index in [0.29, 0.717) is 6.42 Å². The van der Waals surface area contributed by atoms with Gasteiger partial charge in [-0.05, 0) is 49.7 Å². The molecular weight excluding hydrogens is 372 g/mol. The number of carbonyl (C=O) groups is 2. The monoisotopic (exact) mass is 402 g/mol. The smallest absolute Gasteiger partial charge is 0.193 e. The summed E-state index contributed by atoms with van der Waals surface area (Å²) in [6.07, 6.45) is 7.53. The van der Waals surface area contributed by atoms with Crippen LogP contribution in [-0.4, -0.2) is 55.0 Å². The number of hydrogen-bond acceptors (Lipinski definition) is 6. The van der Waals surface area contributed by atoms with Crippen LogP contribution >= 0.6 is 0 Å². The van der Waals surface area contributed by atoms with Gasteiger partial charge in [0.05, 0.1) is 12.2 Å². The number of allylic oxidation sites excluding steroid dienone is 4. The van der Waals surface area contributed by atoms with E-state index in [0.717, 1.165) is 24.8 Å². The van der Waals surface area contributed by atoms with Crippen LogP contribution in [0, 0.1) is 28.6 Å². The number of aliphatic hydroxyl groups excluding tert-OH is 1. The molecule has 4 fully saturated rings. The molecule has 4 aliphatic carbocycles. The van der Waals surface area contributed by atoms with Gasteiger partial charge in [0.1, 0.15) is 13.4 Å². The number of ketones is 2. The molecule has 0 aromatic heterocycles. The number of rotatable bonds is 3. The third kappa shape index (κ3) is 2.32. The van der Waals surface area contributed by atoms with Gasteiger partial charge in [0.15, 0.2) is 17.2 Å². The van der Waals surface area contributed by atoms with Crippen molar-refractivity contribution in [2.24, 2.45) is 28.6 Å². The molecular formula is C23H30O6. The van der Waals surface area contributed by atoms with Gasteiger partial charge in [-0.25, -0.2) is 0 Å². The summed E-state index contributed by atoms with van der Waals surface area (Å²) in [5.74, 6) is 0.440. The highest BCUT2D eigenvalue weighted by Crippen LogP contribution is 2.69. The van der Waals surface area contributed by atoms with Crippen LogP contribution in [-0.2, 0) is 23.8 Å². The van der Waals surface area contributed by atoms with Crippen LogP contribution in [0.25, 0.3) is 0 Å². The maximum Gasteiger partial charge on any atom is 0.193 e. The molecule has 6 nitrogen and oxygen atoms in total. The second kappa shape index (κ2) is 6.33. The van der Waals surface area contributed by atoms with Gasteiger partial charge in [0, 0.05) is 23.9 Å². The Balaban J connectivity index is 1.57. The first-order valence-corrected chi connectivity index (χ1v) is 10.7. The molecule has 29 heavy (non-hydrogen) atoms. The summed E-state index contributed by atoms with van der Waals surface area (Å²) >= 11 is 0. The van der Waals surface area contributed by atoms with Gasteiger partial charge in [0.25, 0.3) is 0 Å². The normalized spacial score (nSPS) is 50.4. The average molecular weight is 402 g/mol. The van der Waals surface area contributed by atoms with Gasteiger partial charge in [0.2, 0.25) is 0 Å². The minimum atomic E-state index is -1.05. The number of methoxy groups -OCH3 is 1. The van der Waals surface area contributed by atoms with Crippen molar-refractivity contribution in [1.29, 1.82) is 0 Å².